The van der Waals surface area contributed by atoms with Crippen molar-refractivity contribution in [3.05, 3.63) is 46.5 Å². The molecule has 0 fully saturated rings. The summed E-state index contributed by atoms with van der Waals surface area (Å²) in [7, 11) is 0. The van der Waals surface area contributed by atoms with E-state index in [1.54, 1.807) is 0 Å². The molecule has 2 aliphatic rings. The standard InChI is InChI=1S/C17H16N4O3/c1-2-3-11-15-14(9-4-5-12-13(6-9)23-8-22-12)10(7-18)16(19)24-17(15)21-20-11/h4-6,14H,2-3,8,19H2,1H3,(H,20,21)/t14-/m0/s1. The number of hydrogen-bond donors (Lipinski definition) is 2. The zero-order valence-corrected chi connectivity index (χ0v) is 13.1. The lowest BCUT2D eigenvalue weighted by Crippen LogP contribution is -2.21. The minimum Gasteiger partial charge on any atom is -0.454 e. The third-order valence-electron chi connectivity index (χ3n) is 4.25. The topological polar surface area (TPSA) is 106 Å². The molecule has 0 radical (unpaired) electrons. The molecule has 3 heterocycles. The van der Waals surface area contributed by atoms with Crippen molar-refractivity contribution in [1.29, 1.82) is 5.26 Å². The van der Waals surface area contributed by atoms with Crippen LogP contribution in [0, 0.1) is 11.3 Å². The summed E-state index contributed by atoms with van der Waals surface area (Å²) in [5, 5.41) is 16.8. The number of allylic oxidation sites excluding steroid dienone is 1. The quantitative estimate of drug-likeness (QED) is 0.897. The molecule has 1 aromatic heterocycles. The molecule has 0 aliphatic carbocycles. The highest BCUT2D eigenvalue weighted by Gasteiger charge is 2.35. The summed E-state index contributed by atoms with van der Waals surface area (Å²) in [5.41, 5.74) is 9.04. The minimum atomic E-state index is -0.339. The first kappa shape index (κ1) is 14.5. The number of fused-ring (bicyclic) bond motifs is 2. The third kappa shape index (κ3) is 2.07. The molecule has 122 valence electrons. The number of aromatic amines is 1. The molecule has 0 spiro atoms. The highest BCUT2D eigenvalue weighted by atomic mass is 16.7. The van der Waals surface area contributed by atoms with E-state index in [1.807, 2.05) is 18.2 Å². The van der Waals surface area contributed by atoms with Crippen LogP contribution in [-0.2, 0) is 6.42 Å². The van der Waals surface area contributed by atoms with Crippen LogP contribution in [0.5, 0.6) is 17.4 Å². The number of nitrogens with zero attached hydrogens (tertiary/aromatic N) is 2. The molecule has 7 nitrogen and oxygen atoms in total. The number of hydrogen-bond acceptors (Lipinski definition) is 6. The Hall–Kier alpha value is -3.14. The predicted molar refractivity (Wildman–Crippen MR) is 84.4 cm³/mol. The Morgan fingerprint density at radius 1 is 1.38 bits per heavy atom. The van der Waals surface area contributed by atoms with Gasteiger partial charge in [-0.3, -0.25) is 5.10 Å². The van der Waals surface area contributed by atoms with E-state index in [1.165, 1.54) is 0 Å². The Morgan fingerprint density at radius 2 is 2.21 bits per heavy atom. The van der Waals surface area contributed by atoms with Gasteiger partial charge in [0.1, 0.15) is 11.6 Å². The molecule has 1 aromatic carbocycles. The Balaban J connectivity index is 1.89. The molecule has 24 heavy (non-hydrogen) atoms. The van der Waals surface area contributed by atoms with Crippen LogP contribution in [0.3, 0.4) is 0 Å². The fourth-order valence-electron chi connectivity index (χ4n) is 3.18. The number of ether oxygens (including phenoxy) is 3. The zero-order chi connectivity index (χ0) is 16.7. The fourth-order valence-corrected chi connectivity index (χ4v) is 3.18. The summed E-state index contributed by atoms with van der Waals surface area (Å²) in [6.45, 7) is 2.29. The first-order valence-electron chi connectivity index (χ1n) is 7.77. The number of rotatable bonds is 3. The monoisotopic (exact) mass is 324 g/mol. The SMILES string of the molecule is CCCc1[nH]nc2c1[C@@H](c1ccc3c(c1)OCO3)C(C#N)=C(N)O2. The summed E-state index contributed by atoms with van der Waals surface area (Å²) in [6, 6.07) is 7.83. The summed E-state index contributed by atoms with van der Waals surface area (Å²) in [4.78, 5) is 0. The largest absolute Gasteiger partial charge is 0.454 e. The minimum absolute atomic E-state index is 0.0854. The number of benzene rings is 1. The average Bonchev–Trinajstić information content (AvgIpc) is 3.20. The predicted octanol–water partition coefficient (Wildman–Crippen LogP) is 2.31. The van der Waals surface area contributed by atoms with Crippen LogP contribution in [0.2, 0.25) is 0 Å². The van der Waals surface area contributed by atoms with E-state index in [0.717, 1.165) is 29.7 Å². The van der Waals surface area contributed by atoms with E-state index in [-0.39, 0.29) is 18.6 Å². The van der Waals surface area contributed by atoms with Crippen molar-refractivity contribution in [3.8, 4) is 23.4 Å². The highest BCUT2D eigenvalue weighted by Crippen LogP contribution is 2.45. The van der Waals surface area contributed by atoms with Crippen LogP contribution >= 0.6 is 0 Å². The van der Waals surface area contributed by atoms with Crippen molar-refractivity contribution in [2.75, 3.05) is 6.79 Å². The molecule has 3 N–H and O–H groups in total. The molecule has 2 aliphatic heterocycles. The van der Waals surface area contributed by atoms with Gasteiger partial charge in [-0.15, -0.1) is 5.10 Å². The molecule has 2 aromatic rings. The lowest BCUT2D eigenvalue weighted by molar-refractivity contribution is 0.174. The van der Waals surface area contributed by atoms with Gasteiger partial charge in [0, 0.05) is 11.3 Å². The van der Waals surface area contributed by atoms with Crippen LogP contribution in [0.25, 0.3) is 0 Å². The number of H-pyrrole nitrogens is 1. The van der Waals surface area contributed by atoms with Gasteiger partial charge in [-0.05, 0) is 24.1 Å². The van der Waals surface area contributed by atoms with Gasteiger partial charge in [-0.2, -0.15) is 5.26 Å². The van der Waals surface area contributed by atoms with Crippen molar-refractivity contribution in [3.63, 3.8) is 0 Å². The van der Waals surface area contributed by atoms with E-state index >= 15 is 0 Å². The van der Waals surface area contributed by atoms with Crippen LogP contribution in [-0.4, -0.2) is 17.0 Å². The lowest BCUT2D eigenvalue weighted by Gasteiger charge is -2.24. The van der Waals surface area contributed by atoms with Crippen molar-refractivity contribution < 1.29 is 14.2 Å². The van der Waals surface area contributed by atoms with Crippen LogP contribution in [0.4, 0.5) is 0 Å². The Bertz CT molecular complexity index is 878. The molecule has 0 saturated heterocycles. The van der Waals surface area contributed by atoms with Gasteiger partial charge < -0.3 is 19.9 Å². The fraction of sp³-hybridized carbons (Fsp3) is 0.294. The highest BCUT2D eigenvalue weighted by molar-refractivity contribution is 5.57. The molecule has 0 unspecified atom stereocenters. The molecule has 0 bridgehead atoms. The van der Waals surface area contributed by atoms with Gasteiger partial charge in [0.25, 0.3) is 0 Å². The zero-order valence-electron chi connectivity index (χ0n) is 13.1. The van der Waals surface area contributed by atoms with Crippen LogP contribution in [0.1, 0.15) is 36.1 Å². The maximum Gasteiger partial charge on any atom is 0.244 e. The molecule has 1 atom stereocenters. The first-order valence-corrected chi connectivity index (χ1v) is 7.77. The van der Waals surface area contributed by atoms with E-state index in [4.69, 9.17) is 19.9 Å². The van der Waals surface area contributed by atoms with Gasteiger partial charge in [0.05, 0.1) is 5.92 Å². The number of aryl methyl sites for hydroxylation is 1. The number of nitrogens with two attached hydrogens (primary N) is 1. The first-order chi connectivity index (χ1) is 11.7. The maximum absolute atomic E-state index is 9.62. The molecule has 4 rings (SSSR count). The van der Waals surface area contributed by atoms with Crippen molar-refractivity contribution >= 4 is 0 Å². The van der Waals surface area contributed by atoms with Crippen LogP contribution in [0.15, 0.2) is 29.7 Å². The maximum atomic E-state index is 9.62. The van der Waals surface area contributed by atoms with E-state index in [9.17, 15) is 5.26 Å². The smallest absolute Gasteiger partial charge is 0.244 e. The van der Waals surface area contributed by atoms with Crippen molar-refractivity contribution in [2.45, 2.75) is 25.7 Å². The Labute approximate surface area is 138 Å². The van der Waals surface area contributed by atoms with E-state index in [2.05, 4.69) is 23.2 Å². The lowest BCUT2D eigenvalue weighted by atomic mass is 9.83. The molecule has 0 amide bonds. The second-order valence-corrected chi connectivity index (χ2v) is 5.71. The van der Waals surface area contributed by atoms with Gasteiger partial charge in [0.15, 0.2) is 11.5 Å². The third-order valence-corrected chi connectivity index (χ3v) is 4.25. The number of nitrogens with one attached hydrogen (secondary N) is 1. The second kappa shape index (κ2) is 5.49. The average molecular weight is 324 g/mol. The molecular weight excluding hydrogens is 308 g/mol. The molecule has 7 heteroatoms. The van der Waals surface area contributed by atoms with Crippen molar-refractivity contribution in [2.24, 2.45) is 5.73 Å². The molecular formula is C17H16N4O3. The Kier molecular flexibility index (Phi) is 3.31. The van der Waals surface area contributed by atoms with E-state index < -0.39 is 0 Å². The van der Waals surface area contributed by atoms with Crippen molar-refractivity contribution in [1.82, 2.24) is 10.2 Å². The summed E-state index contributed by atoms with van der Waals surface area (Å²) in [5.74, 6) is 1.53. The number of nitriles is 1. The number of aromatic nitrogens is 2. The normalized spacial score (nSPS) is 18.1. The van der Waals surface area contributed by atoms with Gasteiger partial charge in [-0.1, -0.05) is 19.4 Å². The summed E-state index contributed by atoms with van der Waals surface area (Å²) in [6.07, 6.45) is 1.76. The summed E-state index contributed by atoms with van der Waals surface area (Å²) < 4.78 is 16.4. The Morgan fingerprint density at radius 3 is 3.00 bits per heavy atom. The van der Waals surface area contributed by atoms with Gasteiger partial charge in [0.2, 0.25) is 18.6 Å². The second-order valence-electron chi connectivity index (χ2n) is 5.71. The van der Waals surface area contributed by atoms with Gasteiger partial charge >= 0.3 is 0 Å². The molecule has 0 saturated carbocycles. The van der Waals surface area contributed by atoms with Gasteiger partial charge in [-0.25, -0.2) is 0 Å². The van der Waals surface area contributed by atoms with Crippen LogP contribution < -0.4 is 19.9 Å². The summed E-state index contributed by atoms with van der Waals surface area (Å²) >= 11 is 0. The van der Waals surface area contributed by atoms with E-state index in [0.29, 0.717) is 23.0 Å².